The van der Waals surface area contributed by atoms with Gasteiger partial charge in [-0.25, -0.2) is 13.4 Å². The first kappa shape index (κ1) is 25.9. The molecule has 0 fully saturated rings. The Bertz CT molecular complexity index is 893. The minimum Gasteiger partial charge on any atom is -0.357 e. The molecule has 0 unspecified atom stereocenters. The van der Waals surface area contributed by atoms with Crippen LogP contribution in [-0.2, 0) is 16.6 Å². The molecular weight excluding hydrogens is 543 g/mol. The smallest absolute Gasteiger partial charge is 0.229 e. The molecule has 0 aromatic heterocycles. The van der Waals surface area contributed by atoms with Gasteiger partial charge in [-0.05, 0) is 42.8 Å². The molecule has 2 aromatic carbocycles. The minimum absolute atomic E-state index is 0. The van der Waals surface area contributed by atoms with Crippen LogP contribution in [0.1, 0.15) is 12.5 Å². The fourth-order valence-electron chi connectivity index (χ4n) is 2.33. The maximum Gasteiger partial charge on any atom is 0.229 e. The zero-order valence-electron chi connectivity index (χ0n) is 16.3. The van der Waals surface area contributed by atoms with Gasteiger partial charge in [0.2, 0.25) is 10.0 Å². The molecule has 3 N–H and O–H groups in total. The molecule has 6 nitrogen and oxygen atoms in total. The van der Waals surface area contributed by atoms with E-state index in [0.717, 1.165) is 40.6 Å². The molecule has 0 aliphatic carbocycles. The van der Waals surface area contributed by atoms with Crippen molar-refractivity contribution >= 4 is 69.0 Å². The Hall–Kier alpha value is -1.17. The molecule has 0 heterocycles. The predicted molar refractivity (Wildman–Crippen MR) is 135 cm³/mol. The van der Waals surface area contributed by atoms with Crippen molar-refractivity contribution < 1.29 is 8.42 Å². The summed E-state index contributed by atoms with van der Waals surface area (Å²) >= 11 is 7.63. The van der Waals surface area contributed by atoms with Gasteiger partial charge in [-0.2, -0.15) is 0 Å². The number of para-hydroxylation sites is 1. The summed E-state index contributed by atoms with van der Waals surface area (Å²) in [6.07, 6.45) is 1.14. The van der Waals surface area contributed by atoms with E-state index in [9.17, 15) is 8.42 Å². The Morgan fingerprint density at radius 3 is 2.45 bits per heavy atom. The van der Waals surface area contributed by atoms with E-state index in [1.165, 1.54) is 0 Å². The number of nitrogens with one attached hydrogen (secondary N) is 3. The summed E-state index contributed by atoms with van der Waals surface area (Å²) in [7, 11) is -3.34. The molecular formula is C19H26ClIN4O2S2. The average Bonchev–Trinajstić information content (AvgIpc) is 2.64. The summed E-state index contributed by atoms with van der Waals surface area (Å²) < 4.78 is 25.6. The Morgan fingerprint density at radius 1 is 1.10 bits per heavy atom. The number of anilines is 1. The van der Waals surface area contributed by atoms with Crippen molar-refractivity contribution in [2.75, 3.05) is 29.8 Å². The minimum atomic E-state index is -3.34. The summed E-state index contributed by atoms with van der Waals surface area (Å²) in [6, 6.07) is 15.0. The van der Waals surface area contributed by atoms with Crippen LogP contribution in [0.25, 0.3) is 0 Å². The van der Waals surface area contributed by atoms with Gasteiger partial charge in [0.05, 0.1) is 18.5 Å². The number of sulfonamides is 1. The Labute approximate surface area is 199 Å². The summed E-state index contributed by atoms with van der Waals surface area (Å²) in [4.78, 5) is 5.72. The Morgan fingerprint density at radius 2 is 1.79 bits per heavy atom. The highest BCUT2D eigenvalue weighted by molar-refractivity contribution is 14.0. The summed E-state index contributed by atoms with van der Waals surface area (Å²) in [6.45, 7) is 3.83. The first-order chi connectivity index (χ1) is 13.4. The zero-order valence-corrected chi connectivity index (χ0v) is 21.0. The van der Waals surface area contributed by atoms with Crippen molar-refractivity contribution in [2.45, 2.75) is 18.4 Å². The fourth-order valence-corrected chi connectivity index (χ4v) is 3.83. The highest BCUT2D eigenvalue weighted by atomic mass is 127. The second kappa shape index (κ2) is 13.2. The molecule has 0 atom stereocenters. The van der Waals surface area contributed by atoms with Crippen LogP contribution in [0.5, 0.6) is 0 Å². The van der Waals surface area contributed by atoms with E-state index in [1.807, 2.05) is 43.3 Å². The van der Waals surface area contributed by atoms with Crippen molar-refractivity contribution in [3.63, 3.8) is 0 Å². The lowest BCUT2D eigenvalue weighted by Crippen LogP contribution is -2.38. The lowest BCUT2D eigenvalue weighted by atomic mass is 10.2. The first-order valence-corrected chi connectivity index (χ1v) is 12.1. The van der Waals surface area contributed by atoms with Gasteiger partial charge in [0.15, 0.2) is 5.96 Å². The number of rotatable bonds is 9. The predicted octanol–water partition coefficient (Wildman–Crippen LogP) is 4.18. The van der Waals surface area contributed by atoms with Gasteiger partial charge in [-0.15, -0.1) is 35.7 Å². The topological polar surface area (TPSA) is 82.6 Å². The van der Waals surface area contributed by atoms with E-state index in [1.54, 1.807) is 23.9 Å². The number of guanidine groups is 1. The van der Waals surface area contributed by atoms with Gasteiger partial charge in [0.25, 0.3) is 0 Å². The number of benzene rings is 2. The van der Waals surface area contributed by atoms with Crippen molar-refractivity contribution in [3.8, 4) is 0 Å². The van der Waals surface area contributed by atoms with Gasteiger partial charge in [-0.1, -0.05) is 29.8 Å². The third-order valence-corrected chi connectivity index (χ3v) is 5.40. The SMILES string of the molecule is CCNC(=NCc1ccccc1NS(C)(=O)=O)NCCSc1ccc(Cl)cc1.I. The number of thioether (sulfide) groups is 1. The lowest BCUT2D eigenvalue weighted by Gasteiger charge is -2.13. The maximum atomic E-state index is 11.5. The second-order valence-corrected chi connectivity index (χ2v) is 9.31. The molecule has 160 valence electrons. The van der Waals surface area contributed by atoms with Crippen LogP contribution in [-0.4, -0.2) is 39.5 Å². The molecule has 0 aliphatic heterocycles. The van der Waals surface area contributed by atoms with Crippen molar-refractivity contribution in [2.24, 2.45) is 4.99 Å². The molecule has 0 saturated heterocycles. The maximum absolute atomic E-state index is 11.5. The number of hydrogen-bond donors (Lipinski definition) is 3. The van der Waals surface area contributed by atoms with Crippen molar-refractivity contribution in [1.29, 1.82) is 0 Å². The summed E-state index contributed by atoms with van der Waals surface area (Å²) in [5.74, 6) is 1.56. The molecule has 0 radical (unpaired) electrons. The van der Waals surface area contributed by atoms with Crippen LogP contribution in [0, 0.1) is 0 Å². The monoisotopic (exact) mass is 568 g/mol. The second-order valence-electron chi connectivity index (χ2n) is 5.96. The molecule has 2 rings (SSSR count). The number of halogens is 2. The highest BCUT2D eigenvalue weighted by Gasteiger charge is 2.07. The number of hydrogen-bond acceptors (Lipinski definition) is 4. The fraction of sp³-hybridized carbons (Fsp3) is 0.316. The molecule has 0 amide bonds. The normalized spacial score (nSPS) is 11.5. The van der Waals surface area contributed by atoms with Crippen LogP contribution < -0.4 is 15.4 Å². The van der Waals surface area contributed by atoms with Gasteiger partial charge in [0, 0.05) is 28.8 Å². The van der Waals surface area contributed by atoms with Gasteiger partial charge < -0.3 is 10.6 Å². The first-order valence-electron chi connectivity index (χ1n) is 8.83. The Balaban J connectivity index is 0.00000420. The van der Waals surface area contributed by atoms with E-state index in [4.69, 9.17) is 11.6 Å². The van der Waals surface area contributed by atoms with E-state index < -0.39 is 10.0 Å². The summed E-state index contributed by atoms with van der Waals surface area (Å²) in [5.41, 5.74) is 1.35. The Kier molecular flexibility index (Phi) is 11.8. The molecule has 10 heteroatoms. The number of nitrogens with zero attached hydrogens (tertiary/aromatic N) is 1. The van der Waals surface area contributed by atoms with E-state index in [2.05, 4.69) is 20.3 Å². The van der Waals surface area contributed by atoms with Gasteiger partial charge in [-0.3, -0.25) is 4.72 Å². The van der Waals surface area contributed by atoms with Crippen LogP contribution >= 0.6 is 47.3 Å². The van der Waals surface area contributed by atoms with E-state index in [-0.39, 0.29) is 24.0 Å². The average molecular weight is 569 g/mol. The molecule has 0 aliphatic rings. The lowest BCUT2D eigenvalue weighted by molar-refractivity contribution is 0.606. The quantitative estimate of drug-likeness (QED) is 0.139. The standard InChI is InChI=1S/C19H25ClN4O2S2.HI/c1-3-21-19(22-12-13-27-17-10-8-16(20)9-11-17)23-14-15-6-4-5-7-18(15)24-28(2,25)26;/h4-11,24H,3,12-14H2,1-2H3,(H2,21,22,23);1H. The molecule has 0 bridgehead atoms. The molecule has 29 heavy (non-hydrogen) atoms. The largest absolute Gasteiger partial charge is 0.357 e. The van der Waals surface area contributed by atoms with Crippen LogP contribution in [0.2, 0.25) is 5.02 Å². The third-order valence-electron chi connectivity index (χ3n) is 3.54. The summed E-state index contributed by atoms with van der Waals surface area (Å²) in [5, 5.41) is 7.23. The van der Waals surface area contributed by atoms with Crippen LogP contribution in [0.15, 0.2) is 58.4 Å². The number of aliphatic imine (C=N–C) groups is 1. The van der Waals surface area contributed by atoms with Crippen molar-refractivity contribution in [1.82, 2.24) is 10.6 Å². The highest BCUT2D eigenvalue weighted by Crippen LogP contribution is 2.20. The van der Waals surface area contributed by atoms with Crippen LogP contribution in [0.3, 0.4) is 0 Å². The van der Waals surface area contributed by atoms with Gasteiger partial charge >= 0.3 is 0 Å². The van der Waals surface area contributed by atoms with E-state index >= 15 is 0 Å². The molecule has 2 aromatic rings. The van der Waals surface area contributed by atoms with E-state index in [0.29, 0.717) is 18.2 Å². The zero-order chi connectivity index (χ0) is 20.4. The molecule has 0 saturated carbocycles. The molecule has 0 spiro atoms. The van der Waals surface area contributed by atoms with Crippen LogP contribution in [0.4, 0.5) is 5.69 Å². The third kappa shape index (κ3) is 10.4. The van der Waals surface area contributed by atoms with Gasteiger partial charge in [0.1, 0.15) is 0 Å². The van der Waals surface area contributed by atoms with Crippen molar-refractivity contribution in [3.05, 3.63) is 59.1 Å².